The third-order valence-corrected chi connectivity index (χ3v) is 2.53. The van der Waals surface area contributed by atoms with Gasteiger partial charge < -0.3 is 5.32 Å². The van der Waals surface area contributed by atoms with Gasteiger partial charge in [0.05, 0.1) is 11.9 Å². The van der Waals surface area contributed by atoms with Crippen molar-refractivity contribution in [3.8, 4) is 0 Å². The second-order valence-corrected chi connectivity index (χ2v) is 4.15. The largest absolute Gasteiger partial charge is 0.389 e. The average Bonchev–Trinajstić information content (AvgIpc) is 2.27. The van der Waals surface area contributed by atoms with Crippen molar-refractivity contribution in [1.82, 2.24) is 10.3 Å². The number of nitrogens with one attached hydrogen (secondary N) is 1. The normalized spacial score (nSPS) is 13.6. The van der Waals surface area contributed by atoms with Gasteiger partial charge in [0.2, 0.25) is 0 Å². The molecule has 0 saturated heterocycles. The molecule has 6 heteroatoms. The molecule has 1 aromatic rings. The quantitative estimate of drug-likeness (QED) is 0.627. The Hall–Kier alpha value is -1.17. The van der Waals surface area contributed by atoms with Gasteiger partial charge in [-0.25, -0.2) is 4.39 Å². The van der Waals surface area contributed by atoms with Gasteiger partial charge in [0.1, 0.15) is 5.82 Å². The van der Waals surface area contributed by atoms with E-state index in [0.29, 0.717) is 18.7 Å². The predicted octanol–water partition coefficient (Wildman–Crippen LogP) is 3.60. The molecule has 1 atom stereocenters. The molecule has 0 fully saturated rings. The van der Waals surface area contributed by atoms with Crippen molar-refractivity contribution in [3.63, 3.8) is 0 Å². The second kappa shape index (κ2) is 6.68. The summed E-state index contributed by atoms with van der Waals surface area (Å²) in [6, 6.07) is 2.77. The van der Waals surface area contributed by atoms with Crippen LogP contribution in [0.4, 0.5) is 17.6 Å². The zero-order valence-corrected chi connectivity index (χ0v) is 10.1. The molecule has 0 spiro atoms. The zero-order chi connectivity index (χ0) is 13.6. The highest BCUT2D eigenvalue weighted by atomic mass is 19.4. The molecular weight excluding hydrogens is 248 g/mol. The first-order valence-corrected chi connectivity index (χ1v) is 5.80. The molecular formula is C12H16F4N2. The second-order valence-electron chi connectivity index (χ2n) is 4.15. The van der Waals surface area contributed by atoms with Crippen molar-refractivity contribution in [2.24, 2.45) is 0 Å². The number of halogens is 4. The first kappa shape index (κ1) is 14.9. The van der Waals surface area contributed by atoms with Gasteiger partial charge in [-0.3, -0.25) is 4.98 Å². The maximum atomic E-state index is 12.6. The Morgan fingerprint density at radius 2 is 2.00 bits per heavy atom. The molecule has 0 aliphatic heterocycles. The molecule has 0 bridgehead atoms. The van der Waals surface area contributed by atoms with Crippen LogP contribution in [0.1, 0.15) is 37.9 Å². The van der Waals surface area contributed by atoms with Crippen molar-refractivity contribution in [2.75, 3.05) is 6.54 Å². The minimum Gasteiger partial charge on any atom is -0.309 e. The lowest BCUT2D eigenvalue weighted by molar-refractivity contribution is -0.135. The molecule has 1 aromatic heterocycles. The van der Waals surface area contributed by atoms with Gasteiger partial charge >= 0.3 is 6.18 Å². The van der Waals surface area contributed by atoms with Crippen molar-refractivity contribution < 1.29 is 17.6 Å². The molecule has 0 aromatic carbocycles. The Morgan fingerprint density at radius 1 is 1.28 bits per heavy atom. The van der Waals surface area contributed by atoms with Crippen molar-refractivity contribution >= 4 is 0 Å². The monoisotopic (exact) mass is 264 g/mol. The lowest BCUT2D eigenvalue weighted by Gasteiger charge is -2.13. The molecule has 1 rings (SSSR count). The number of alkyl halides is 3. The van der Waals surface area contributed by atoms with Crippen LogP contribution in [-0.2, 0) is 0 Å². The zero-order valence-electron chi connectivity index (χ0n) is 10.1. The minimum absolute atomic E-state index is 0.100. The van der Waals surface area contributed by atoms with E-state index in [4.69, 9.17) is 0 Å². The Balaban J connectivity index is 2.21. The van der Waals surface area contributed by atoms with Crippen LogP contribution in [0.5, 0.6) is 0 Å². The van der Waals surface area contributed by atoms with Crippen molar-refractivity contribution in [3.05, 3.63) is 29.8 Å². The number of rotatable bonds is 6. The summed E-state index contributed by atoms with van der Waals surface area (Å²) in [6.07, 6.45) is -3.15. The van der Waals surface area contributed by atoms with E-state index in [-0.39, 0.29) is 12.5 Å². The summed E-state index contributed by atoms with van der Waals surface area (Å²) in [4.78, 5) is 3.90. The van der Waals surface area contributed by atoms with Crippen LogP contribution >= 0.6 is 0 Å². The number of unbranched alkanes of at least 4 members (excludes halogenated alkanes) is 1. The Bertz CT molecular complexity index is 348. The van der Waals surface area contributed by atoms with Gasteiger partial charge in [-0.1, -0.05) is 0 Å². The fourth-order valence-electron chi connectivity index (χ4n) is 1.52. The minimum atomic E-state index is -4.08. The van der Waals surface area contributed by atoms with Gasteiger partial charge in [0.25, 0.3) is 0 Å². The molecule has 1 N–H and O–H groups in total. The molecule has 18 heavy (non-hydrogen) atoms. The van der Waals surface area contributed by atoms with E-state index in [1.165, 1.54) is 6.07 Å². The number of hydrogen-bond acceptors (Lipinski definition) is 2. The number of nitrogens with zero attached hydrogens (tertiary/aromatic N) is 1. The standard InChI is InChI=1S/C12H16F4N2/c1-9(11-5-4-10(13)8-18-11)17-7-3-2-6-12(14,15)16/h4-5,8-9,17H,2-3,6-7H2,1H3. The van der Waals surface area contributed by atoms with E-state index in [2.05, 4.69) is 10.3 Å². The van der Waals surface area contributed by atoms with Crippen molar-refractivity contribution in [2.45, 2.75) is 38.4 Å². The van der Waals surface area contributed by atoms with E-state index in [9.17, 15) is 17.6 Å². The van der Waals surface area contributed by atoms with Gasteiger partial charge in [0, 0.05) is 12.5 Å². The first-order valence-electron chi connectivity index (χ1n) is 5.80. The highest BCUT2D eigenvalue weighted by molar-refractivity contribution is 5.08. The number of hydrogen-bond donors (Lipinski definition) is 1. The van der Waals surface area contributed by atoms with E-state index in [0.717, 1.165) is 6.20 Å². The average molecular weight is 264 g/mol. The Labute approximate surface area is 103 Å². The van der Waals surface area contributed by atoms with Crippen LogP contribution in [0.15, 0.2) is 18.3 Å². The number of aromatic nitrogens is 1. The van der Waals surface area contributed by atoms with E-state index in [1.54, 1.807) is 6.07 Å². The Morgan fingerprint density at radius 3 is 2.56 bits per heavy atom. The topological polar surface area (TPSA) is 24.9 Å². The fourth-order valence-corrected chi connectivity index (χ4v) is 1.52. The van der Waals surface area contributed by atoms with Crippen LogP contribution in [0.3, 0.4) is 0 Å². The van der Waals surface area contributed by atoms with Crippen LogP contribution in [0, 0.1) is 5.82 Å². The van der Waals surface area contributed by atoms with Crippen molar-refractivity contribution in [1.29, 1.82) is 0 Å². The molecule has 0 amide bonds. The lowest BCUT2D eigenvalue weighted by Crippen LogP contribution is -2.21. The molecule has 2 nitrogen and oxygen atoms in total. The summed E-state index contributed by atoms with van der Waals surface area (Å²) in [5.41, 5.74) is 0.673. The molecule has 1 heterocycles. The summed E-state index contributed by atoms with van der Waals surface area (Å²) in [5, 5.41) is 3.05. The molecule has 0 aliphatic carbocycles. The summed E-state index contributed by atoms with van der Waals surface area (Å²) >= 11 is 0. The number of pyridine rings is 1. The molecule has 0 saturated carbocycles. The summed E-state index contributed by atoms with van der Waals surface area (Å²) in [5.74, 6) is -0.406. The van der Waals surface area contributed by atoms with Gasteiger partial charge in [0.15, 0.2) is 0 Å². The smallest absolute Gasteiger partial charge is 0.309 e. The first-order chi connectivity index (χ1) is 8.38. The van der Waals surface area contributed by atoms with Gasteiger partial charge in [-0.05, 0) is 38.4 Å². The van der Waals surface area contributed by atoms with E-state index in [1.807, 2.05) is 6.92 Å². The molecule has 0 radical (unpaired) electrons. The SMILES string of the molecule is CC(NCCCCC(F)(F)F)c1ccc(F)cn1. The van der Waals surface area contributed by atoms with Crippen LogP contribution in [0.2, 0.25) is 0 Å². The maximum Gasteiger partial charge on any atom is 0.389 e. The summed E-state index contributed by atoms with van der Waals surface area (Å²) in [7, 11) is 0. The highest BCUT2D eigenvalue weighted by Crippen LogP contribution is 2.22. The molecule has 102 valence electrons. The van der Waals surface area contributed by atoms with E-state index < -0.39 is 18.4 Å². The van der Waals surface area contributed by atoms with Crippen LogP contribution in [-0.4, -0.2) is 17.7 Å². The van der Waals surface area contributed by atoms with Gasteiger partial charge in [-0.2, -0.15) is 13.2 Å². The van der Waals surface area contributed by atoms with Crippen LogP contribution in [0.25, 0.3) is 0 Å². The Kier molecular flexibility index (Phi) is 5.53. The van der Waals surface area contributed by atoms with Crippen LogP contribution < -0.4 is 5.32 Å². The van der Waals surface area contributed by atoms with Gasteiger partial charge in [-0.15, -0.1) is 0 Å². The third-order valence-electron chi connectivity index (χ3n) is 2.53. The maximum absolute atomic E-state index is 12.6. The summed E-state index contributed by atoms with van der Waals surface area (Å²) in [6.45, 7) is 2.32. The lowest BCUT2D eigenvalue weighted by atomic mass is 10.2. The summed E-state index contributed by atoms with van der Waals surface area (Å²) < 4.78 is 48.3. The highest BCUT2D eigenvalue weighted by Gasteiger charge is 2.25. The third kappa shape index (κ3) is 5.95. The molecule has 0 aliphatic rings. The predicted molar refractivity (Wildman–Crippen MR) is 60.5 cm³/mol. The van der Waals surface area contributed by atoms with E-state index >= 15 is 0 Å². The fraction of sp³-hybridized carbons (Fsp3) is 0.583. The molecule has 1 unspecified atom stereocenters.